The molecule has 0 radical (unpaired) electrons. The summed E-state index contributed by atoms with van der Waals surface area (Å²) in [5.74, 6) is 1.64. The molecule has 0 saturated carbocycles. The Morgan fingerprint density at radius 1 is 1.16 bits per heavy atom. The number of hydrogen-bond acceptors (Lipinski definition) is 1. The summed E-state index contributed by atoms with van der Waals surface area (Å²) in [5, 5.41) is 5.83. The molecule has 0 heterocycles. The highest BCUT2D eigenvalue weighted by molar-refractivity contribution is 5.89. The predicted octanol–water partition coefficient (Wildman–Crippen LogP) is 4.04. The van der Waals surface area contributed by atoms with E-state index >= 15 is 0 Å². The van der Waals surface area contributed by atoms with Gasteiger partial charge in [-0.15, -0.1) is 0 Å². The monoisotopic (exact) mass is 262 g/mol. The highest BCUT2D eigenvalue weighted by Crippen LogP contribution is 2.19. The van der Waals surface area contributed by atoms with Crippen molar-refractivity contribution in [2.24, 2.45) is 17.8 Å². The quantitative estimate of drug-likeness (QED) is 0.826. The van der Waals surface area contributed by atoms with Gasteiger partial charge in [-0.3, -0.25) is 0 Å². The average Bonchev–Trinajstić information content (AvgIpc) is 2.27. The molecule has 0 aliphatic carbocycles. The van der Waals surface area contributed by atoms with Gasteiger partial charge in [0.1, 0.15) is 0 Å². The van der Waals surface area contributed by atoms with E-state index in [0.29, 0.717) is 24.3 Å². The number of nitrogens with one attached hydrogen (secondary N) is 2. The number of urea groups is 1. The van der Waals surface area contributed by atoms with Gasteiger partial charge in [0, 0.05) is 12.2 Å². The van der Waals surface area contributed by atoms with Crippen LogP contribution in [0, 0.1) is 24.7 Å². The van der Waals surface area contributed by atoms with Crippen molar-refractivity contribution in [3.63, 3.8) is 0 Å². The van der Waals surface area contributed by atoms with E-state index in [0.717, 1.165) is 11.3 Å². The topological polar surface area (TPSA) is 41.1 Å². The Morgan fingerprint density at radius 3 is 2.32 bits per heavy atom. The van der Waals surface area contributed by atoms with Gasteiger partial charge in [0.2, 0.25) is 0 Å². The fourth-order valence-electron chi connectivity index (χ4n) is 2.35. The van der Waals surface area contributed by atoms with Crippen LogP contribution in [0.25, 0.3) is 0 Å². The fraction of sp³-hybridized carbons (Fsp3) is 0.562. The maximum Gasteiger partial charge on any atom is 0.319 e. The molecule has 1 rings (SSSR count). The minimum absolute atomic E-state index is 0.128. The van der Waals surface area contributed by atoms with Gasteiger partial charge in [-0.1, -0.05) is 39.8 Å². The first-order valence-corrected chi connectivity index (χ1v) is 7.01. The van der Waals surface area contributed by atoms with E-state index in [1.54, 1.807) is 0 Å². The largest absolute Gasteiger partial charge is 0.338 e. The molecular weight excluding hydrogens is 236 g/mol. The maximum absolute atomic E-state index is 11.9. The lowest BCUT2D eigenvalue weighted by molar-refractivity contribution is 0.239. The van der Waals surface area contributed by atoms with Gasteiger partial charge in [0.25, 0.3) is 0 Å². The molecule has 1 aromatic carbocycles. The van der Waals surface area contributed by atoms with Gasteiger partial charge in [0.15, 0.2) is 0 Å². The fourth-order valence-corrected chi connectivity index (χ4v) is 2.35. The lowest BCUT2D eigenvalue weighted by Gasteiger charge is -2.25. The lowest BCUT2D eigenvalue weighted by Crippen LogP contribution is -2.36. The highest BCUT2D eigenvalue weighted by atomic mass is 16.2. The number of rotatable bonds is 5. The maximum atomic E-state index is 11.9. The first-order valence-electron chi connectivity index (χ1n) is 7.01. The van der Waals surface area contributed by atoms with E-state index in [1.807, 2.05) is 31.2 Å². The number of hydrogen-bond donors (Lipinski definition) is 2. The molecule has 3 heteroatoms. The van der Waals surface area contributed by atoms with Crippen molar-refractivity contribution in [3.8, 4) is 0 Å². The first-order chi connectivity index (χ1) is 8.90. The Morgan fingerprint density at radius 2 is 1.79 bits per heavy atom. The van der Waals surface area contributed by atoms with Crippen molar-refractivity contribution in [2.75, 3.05) is 11.9 Å². The second-order valence-electron chi connectivity index (χ2n) is 5.86. The third-order valence-corrected chi connectivity index (χ3v) is 3.49. The van der Waals surface area contributed by atoms with Crippen LogP contribution in [-0.2, 0) is 0 Å². The summed E-state index contributed by atoms with van der Waals surface area (Å²) in [6.45, 7) is 11.5. The molecule has 0 bridgehead atoms. The van der Waals surface area contributed by atoms with Gasteiger partial charge in [-0.25, -0.2) is 4.79 Å². The molecule has 0 saturated heterocycles. The molecule has 1 aromatic rings. The molecule has 0 aliphatic heterocycles. The smallest absolute Gasteiger partial charge is 0.319 e. The zero-order chi connectivity index (χ0) is 14.4. The number of amides is 2. The Kier molecular flexibility index (Phi) is 5.87. The molecular formula is C16H26N2O. The molecule has 0 atom stereocenters. The van der Waals surface area contributed by atoms with Crippen molar-refractivity contribution in [1.82, 2.24) is 5.32 Å². The van der Waals surface area contributed by atoms with Crippen LogP contribution < -0.4 is 10.6 Å². The summed E-state index contributed by atoms with van der Waals surface area (Å²) >= 11 is 0. The van der Waals surface area contributed by atoms with Gasteiger partial charge in [-0.05, 0) is 42.4 Å². The molecule has 0 aromatic heterocycles. The van der Waals surface area contributed by atoms with Crippen LogP contribution in [0.4, 0.5) is 10.5 Å². The van der Waals surface area contributed by atoms with E-state index in [2.05, 4.69) is 38.3 Å². The van der Waals surface area contributed by atoms with Crippen molar-refractivity contribution in [1.29, 1.82) is 0 Å². The Bertz CT molecular complexity index is 405. The van der Waals surface area contributed by atoms with E-state index < -0.39 is 0 Å². The van der Waals surface area contributed by atoms with E-state index in [1.165, 1.54) is 0 Å². The summed E-state index contributed by atoms with van der Waals surface area (Å²) in [6.07, 6.45) is 0. The molecule has 106 valence electrons. The average molecular weight is 262 g/mol. The van der Waals surface area contributed by atoms with E-state index in [9.17, 15) is 4.79 Å². The van der Waals surface area contributed by atoms with Crippen molar-refractivity contribution < 1.29 is 4.79 Å². The van der Waals surface area contributed by atoms with Gasteiger partial charge in [0.05, 0.1) is 0 Å². The van der Waals surface area contributed by atoms with Crippen molar-refractivity contribution in [2.45, 2.75) is 34.6 Å². The van der Waals surface area contributed by atoms with Crippen molar-refractivity contribution >= 4 is 11.7 Å². The zero-order valence-electron chi connectivity index (χ0n) is 12.7. The standard InChI is InChI=1S/C16H26N2O/c1-11(2)15(12(3)4)10-17-16(19)18-14-8-6-7-13(5)9-14/h6-9,11-12,15H,10H2,1-5H3,(H2,17,18,19). The minimum Gasteiger partial charge on any atom is -0.338 e. The number of anilines is 1. The van der Waals surface area contributed by atoms with Crippen molar-refractivity contribution in [3.05, 3.63) is 29.8 Å². The van der Waals surface area contributed by atoms with Crippen LogP contribution in [0.15, 0.2) is 24.3 Å². The Labute approximate surface area is 116 Å². The van der Waals surface area contributed by atoms with Crippen LogP contribution in [0.3, 0.4) is 0 Å². The molecule has 0 aliphatic rings. The zero-order valence-corrected chi connectivity index (χ0v) is 12.7. The summed E-state index contributed by atoms with van der Waals surface area (Å²) in [4.78, 5) is 11.9. The molecule has 0 fully saturated rings. The summed E-state index contributed by atoms with van der Waals surface area (Å²) in [7, 11) is 0. The third-order valence-electron chi connectivity index (χ3n) is 3.49. The summed E-state index contributed by atoms with van der Waals surface area (Å²) in [5.41, 5.74) is 1.98. The van der Waals surface area contributed by atoms with Gasteiger partial charge in [-0.2, -0.15) is 0 Å². The van der Waals surface area contributed by atoms with Crippen LogP contribution in [0.1, 0.15) is 33.3 Å². The normalized spacial score (nSPS) is 11.2. The SMILES string of the molecule is Cc1cccc(NC(=O)NCC(C(C)C)C(C)C)c1. The third kappa shape index (κ3) is 5.33. The van der Waals surface area contributed by atoms with Crippen LogP contribution in [-0.4, -0.2) is 12.6 Å². The molecule has 2 N–H and O–H groups in total. The number of aryl methyl sites for hydroxylation is 1. The second kappa shape index (κ2) is 7.17. The summed E-state index contributed by atoms with van der Waals surface area (Å²) in [6, 6.07) is 7.68. The summed E-state index contributed by atoms with van der Waals surface area (Å²) < 4.78 is 0. The Balaban J connectivity index is 2.47. The molecule has 19 heavy (non-hydrogen) atoms. The molecule has 3 nitrogen and oxygen atoms in total. The lowest BCUT2D eigenvalue weighted by atomic mass is 9.85. The van der Waals surface area contributed by atoms with E-state index in [-0.39, 0.29) is 6.03 Å². The Hall–Kier alpha value is -1.51. The molecule has 0 unspecified atom stereocenters. The predicted molar refractivity (Wildman–Crippen MR) is 81.4 cm³/mol. The number of benzene rings is 1. The second-order valence-corrected chi connectivity index (χ2v) is 5.86. The van der Waals surface area contributed by atoms with Gasteiger partial charge < -0.3 is 10.6 Å². The van der Waals surface area contributed by atoms with Crippen LogP contribution in [0.5, 0.6) is 0 Å². The molecule has 0 spiro atoms. The first kappa shape index (κ1) is 15.5. The van der Waals surface area contributed by atoms with E-state index in [4.69, 9.17) is 0 Å². The minimum atomic E-state index is -0.128. The molecule has 2 amide bonds. The van der Waals surface area contributed by atoms with Crippen LogP contribution in [0.2, 0.25) is 0 Å². The van der Waals surface area contributed by atoms with Gasteiger partial charge >= 0.3 is 6.03 Å². The number of carbonyl (C=O) groups is 1. The number of carbonyl (C=O) groups excluding carboxylic acids is 1. The highest BCUT2D eigenvalue weighted by Gasteiger charge is 2.18. The van der Waals surface area contributed by atoms with Crippen LogP contribution >= 0.6 is 0 Å².